The summed E-state index contributed by atoms with van der Waals surface area (Å²) in [6, 6.07) is 0. The predicted octanol–water partition coefficient (Wildman–Crippen LogP) is 0.787. The van der Waals surface area contributed by atoms with Crippen LogP contribution in [-0.4, -0.2) is 18.4 Å². The van der Waals surface area contributed by atoms with Gasteiger partial charge >= 0.3 is 0 Å². The largest absolute Gasteiger partial charge is 0.296 e. The van der Waals surface area contributed by atoms with E-state index in [9.17, 15) is 0 Å². The van der Waals surface area contributed by atoms with Gasteiger partial charge in [0.1, 0.15) is 0 Å². The van der Waals surface area contributed by atoms with Crippen molar-refractivity contribution in [2.75, 3.05) is 6.54 Å². The van der Waals surface area contributed by atoms with Crippen molar-refractivity contribution >= 4 is 5.71 Å². The standard InChI is InChI=1S/C6H12N2/c1-5-3-4-7-6(2)8-5/h6-7H,3-4H2,1-2H3. The zero-order valence-electron chi connectivity index (χ0n) is 5.44. The first kappa shape index (κ1) is 5.76. The Morgan fingerprint density at radius 1 is 1.75 bits per heavy atom. The molecular formula is C6H12N2. The third-order valence-corrected chi connectivity index (χ3v) is 1.34. The van der Waals surface area contributed by atoms with Crippen LogP contribution < -0.4 is 5.32 Å². The topological polar surface area (TPSA) is 24.4 Å². The molecule has 0 saturated heterocycles. The molecule has 0 bridgehead atoms. The van der Waals surface area contributed by atoms with Crippen LogP contribution in [0.1, 0.15) is 20.3 Å². The third kappa shape index (κ3) is 1.30. The van der Waals surface area contributed by atoms with Crippen LogP contribution in [-0.2, 0) is 0 Å². The summed E-state index contributed by atoms with van der Waals surface area (Å²) in [6.45, 7) is 5.25. The summed E-state index contributed by atoms with van der Waals surface area (Å²) in [5.74, 6) is 0. The first-order valence-electron chi connectivity index (χ1n) is 3.05. The van der Waals surface area contributed by atoms with Crippen LogP contribution in [0.4, 0.5) is 0 Å². The molecule has 0 saturated carbocycles. The molecule has 1 rings (SSSR count). The molecule has 0 aromatic rings. The number of nitrogens with zero attached hydrogens (tertiary/aromatic N) is 1. The van der Waals surface area contributed by atoms with Gasteiger partial charge in [-0.05, 0) is 20.3 Å². The van der Waals surface area contributed by atoms with Crippen molar-refractivity contribution in [3.8, 4) is 0 Å². The molecule has 0 fully saturated rings. The van der Waals surface area contributed by atoms with Gasteiger partial charge in [-0.2, -0.15) is 0 Å². The van der Waals surface area contributed by atoms with Crippen LogP contribution in [0.15, 0.2) is 4.99 Å². The number of aliphatic imine (C=N–C) groups is 1. The zero-order chi connectivity index (χ0) is 5.98. The highest BCUT2D eigenvalue weighted by molar-refractivity contribution is 5.82. The molecule has 0 aromatic heterocycles. The quantitative estimate of drug-likeness (QED) is 0.492. The fourth-order valence-corrected chi connectivity index (χ4v) is 0.903. The lowest BCUT2D eigenvalue weighted by Gasteiger charge is -2.15. The van der Waals surface area contributed by atoms with Crippen molar-refractivity contribution in [3.05, 3.63) is 0 Å². The van der Waals surface area contributed by atoms with Crippen molar-refractivity contribution in [3.63, 3.8) is 0 Å². The Labute approximate surface area is 50.0 Å². The maximum atomic E-state index is 4.29. The molecule has 8 heavy (non-hydrogen) atoms. The summed E-state index contributed by atoms with van der Waals surface area (Å²) in [4.78, 5) is 4.29. The minimum absolute atomic E-state index is 0.351. The lowest BCUT2D eigenvalue weighted by atomic mass is 10.2. The molecule has 1 aliphatic rings. The minimum Gasteiger partial charge on any atom is -0.296 e. The van der Waals surface area contributed by atoms with Gasteiger partial charge in [-0.1, -0.05) is 0 Å². The smallest absolute Gasteiger partial charge is 0.0965 e. The SMILES string of the molecule is CC1=NC(C)NCC1. The summed E-state index contributed by atoms with van der Waals surface area (Å²) < 4.78 is 0. The Hall–Kier alpha value is -0.370. The average Bonchev–Trinajstić information content (AvgIpc) is 1.64. The van der Waals surface area contributed by atoms with Crippen LogP contribution in [0.2, 0.25) is 0 Å². The van der Waals surface area contributed by atoms with Gasteiger partial charge in [0.25, 0.3) is 0 Å². The van der Waals surface area contributed by atoms with Crippen LogP contribution in [0.3, 0.4) is 0 Å². The average molecular weight is 112 g/mol. The van der Waals surface area contributed by atoms with Crippen LogP contribution in [0, 0.1) is 0 Å². The van der Waals surface area contributed by atoms with E-state index in [1.165, 1.54) is 5.71 Å². The summed E-state index contributed by atoms with van der Waals surface area (Å²) in [5, 5.41) is 3.22. The minimum atomic E-state index is 0.351. The van der Waals surface area contributed by atoms with Gasteiger partial charge in [0.2, 0.25) is 0 Å². The van der Waals surface area contributed by atoms with E-state index >= 15 is 0 Å². The molecule has 1 heterocycles. The summed E-state index contributed by atoms with van der Waals surface area (Å²) in [6.07, 6.45) is 1.47. The number of rotatable bonds is 0. The molecule has 0 aliphatic carbocycles. The van der Waals surface area contributed by atoms with Crippen molar-refractivity contribution in [2.45, 2.75) is 26.4 Å². The monoisotopic (exact) mass is 112 g/mol. The molecule has 1 N–H and O–H groups in total. The highest BCUT2D eigenvalue weighted by atomic mass is 15.1. The van der Waals surface area contributed by atoms with Gasteiger partial charge in [-0.15, -0.1) is 0 Å². The lowest BCUT2D eigenvalue weighted by molar-refractivity contribution is 0.555. The summed E-state index contributed by atoms with van der Waals surface area (Å²) in [7, 11) is 0. The maximum absolute atomic E-state index is 4.29. The molecule has 1 atom stereocenters. The first-order chi connectivity index (χ1) is 3.79. The van der Waals surface area contributed by atoms with Gasteiger partial charge in [0.15, 0.2) is 0 Å². The van der Waals surface area contributed by atoms with Crippen LogP contribution in [0.5, 0.6) is 0 Å². The van der Waals surface area contributed by atoms with E-state index < -0.39 is 0 Å². The van der Waals surface area contributed by atoms with Gasteiger partial charge in [-0.25, -0.2) is 0 Å². The van der Waals surface area contributed by atoms with Gasteiger partial charge in [0.05, 0.1) is 6.17 Å². The fourth-order valence-electron chi connectivity index (χ4n) is 0.903. The zero-order valence-corrected chi connectivity index (χ0v) is 5.44. The molecule has 0 aromatic carbocycles. The Balaban J connectivity index is 2.50. The summed E-state index contributed by atoms with van der Waals surface area (Å²) in [5.41, 5.74) is 1.27. The lowest BCUT2D eigenvalue weighted by Crippen LogP contribution is -2.31. The van der Waals surface area contributed by atoms with E-state index in [-0.39, 0.29) is 0 Å². The highest BCUT2D eigenvalue weighted by Crippen LogP contribution is 1.96. The molecule has 1 aliphatic heterocycles. The Bertz CT molecular complexity index is 107. The normalized spacial score (nSPS) is 29.8. The first-order valence-corrected chi connectivity index (χ1v) is 3.05. The van der Waals surface area contributed by atoms with Crippen molar-refractivity contribution < 1.29 is 0 Å². The van der Waals surface area contributed by atoms with Crippen LogP contribution >= 0.6 is 0 Å². The van der Waals surface area contributed by atoms with Crippen molar-refractivity contribution in [1.29, 1.82) is 0 Å². The molecule has 0 spiro atoms. The van der Waals surface area contributed by atoms with E-state index in [2.05, 4.69) is 24.2 Å². The van der Waals surface area contributed by atoms with Gasteiger partial charge in [-0.3, -0.25) is 10.3 Å². The molecule has 1 unspecified atom stereocenters. The van der Waals surface area contributed by atoms with E-state index in [1.54, 1.807) is 0 Å². The molecule has 2 nitrogen and oxygen atoms in total. The van der Waals surface area contributed by atoms with Gasteiger partial charge < -0.3 is 0 Å². The third-order valence-electron chi connectivity index (χ3n) is 1.34. The Morgan fingerprint density at radius 3 is 2.88 bits per heavy atom. The Kier molecular flexibility index (Phi) is 1.63. The Morgan fingerprint density at radius 2 is 2.50 bits per heavy atom. The molecule has 2 heteroatoms. The fraction of sp³-hybridized carbons (Fsp3) is 0.833. The van der Waals surface area contributed by atoms with E-state index in [1.807, 2.05) is 0 Å². The number of nitrogens with one attached hydrogen (secondary N) is 1. The van der Waals surface area contributed by atoms with Crippen molar-refractivity contribution in [1.82, 2.24) is 5.32 Å². The molecule has 0 amide bonds. The van der Waals surface area contributed by atoms with E-state index in [4.69, 9.17) is 0 Å². The molecule has 0 radical (unpaired) electrons. The second kappa shape index (κ2) is 2.27. The second-order valence-electron chi connectivity index (χ2n) is 2.24. The van der Waals surface area contributed by atoms with E-state index in [0.29, 0.717) is 6.17 Å². The molecular weight excluding hydrogens is 100 g/mol. The number of hydrogen-bond donors (Lipinski definition) is 1. The number of hydrogen-bond acceptors (Lipinski definition) is 2. The van der Waals surface area contributed by atoms with Gasteiger partial charge in [0, 0.05) is 12.3 Å². The highest BCUT2D eigenvalue weighted by Gasteiger charge is 2.03. The van der Waals surface area contributed by atoms with Crippen molar-refractivity contribution in [2.24, 2.45) is 4.99 Å². The van der Waals surface area contributed by atoms with Crippen LogP contribution in [0.25, 0.3) is 0 Å². The summed E-state index contributed by atoms with van der Waals surface area (Å²) >= 11 is 0. The second-order valence-corrected chi connectivity index (χ2v) is 2.24. The molecule has 46 valence electrons. The van der Waals surface area contributed by atoms with E-state index in [0.717, 1.165) is 13.0 Å². The maximum Gasteiger partial charge on any atom is 0.0965 e. The predicted molar refractivity (Wildman–Crippen MR) is 35.2 cm³/mol.